The van der Waals surface area contributed by atoms with Gasteiger partial charge in [-0.3, -0.25) is 9.48 Å². The van der Waals surface area contributed by atoms with Gasteiger partial charge in [0.05, 0.1) is 21.5 Å². The van der Waals surface area contributed by atoms with Crippen molar-refractivity contribution in [1.29, 1.82) is 0 Å². The second-order valence-corrected chi connectivity index (χ2v) is 6.09. The number of rotatable bonds is 6. The molecule has 0 atom stereocenters. The van der Waals surface area contributed by atoms with Crippen molar-refractivity contribution in [3.8, 4) is 0 Å². The summed E-state index contributed by atoms with van der Waals surface area (Å²) in [6, 6.07) is 0. The minimum Gasteiger partial charge on any atom is -0.378 e. The summed E-state index contributed by atoms with van der Waals surface area (Å²) < 4.78 is 8.38. The summed E-state index contributed by atoms with van der Waals surface area (Å²) in [5.74, 6) is 0.233. The lowest BCUT2D eigenvalue weighted by molar-refractivity contribution is -0.131. The summed E-state index contributed by atoms with van der Waals surface area (Å²) in [6.45, 7) is 4.77. The van der Waals surface area contributed by atoms with Crippen molar-refractivity contribution >= 4 is 21.7 Å². The van der Waals surface area contributed by atoms with Crippen molar-refractivity contribution < 1.29 is 9.53 Å². The van der Waals surface area contributed by atoms with Crippen molar-refractivity contribution in [3.63, 3.8) is 0 Å². The molecule has 1 saturated carbocycles. The highest BCUT2D eigenvalue weighted by atomic mass is 79.9. The van der Waals surface area contributed by atoms with E-state index in [0.717, 1.165) is 41.7 Å². The van der Waals surface area contributed by atoms with Crippen LogP contribution in [0.1, 0.15) is 44.0 Å². The van der Waals surface area contributed by atoms with Gasteiger partial charge in [0.2, 0.25) is 0 Å². The van der Waals surface area contributed by atoms with Crippen LogP contribution in [0, 0.1) is 6.92 Å². The normalized spacial score (nSPS) is 17.3. The van der Waals surface area contributed by atoms with Crippen LogP contribution in [0.15, 0.2) is 4.47 Å². The zero-order chi connectivity index (χ0) is 14.0. The third-order valence-electron chi connectivity index (χ3n) is 4.03. The Morgan fingerprint density at radius 3 is 2.68 bits per heavy atom. The van der Waals surface area contributed by atoms with Crippen LogP contribution in [-0.4, -0.2) is 28.3 Å². The number of hydrogen-bond donors (Lipinski definition) is 0. The molecule has 4 nitrogen and oxygen atoms in total. The topological polar surface area (TPSA) is 44.1 Å². The van der Waals surface area contributed by atoms with Gasteiger partial charge < -0.3 is 4.74 Å². The molecule has 1 aliphatic carbocycles. The molecular formula is C14H21BrN2O2. The Kier molecular flexibility index (Phi) is 4.46. The maximum atomic E-state index is 12.3. The zero-order valence-corrected chi connectivity index (χ0v) is 13.4. The Bertz CT molecular complexity index is 473. The Labute approximate surface area is 122 Å². The van der Waals surface area contributed by atoms with E-state index < -0.39 is 0 Å². The van der Waals surface area contributed by atoms with Crippen LogP contribution in [0.2, 0.25) is 0 Å². The molecule has 0 aliphatic heterocycles. The van der Waals surface area contributed by atoms with E-state index in [4.69, 9.17) is 4.74 Å². The number of hydrogen-bond acceptors (Lipinski definition) is 3. The molecule has 0 radical (unpaired) electrons. The van der Waals surface area contributed by atoms with Crippen molar-refractivity contribution in [2.75, 3.05) is 7.11 Å². The fourth-order valence-corrected chi connectivity index (χ4v) is 3.09. The predicted octanol–water partition coefficient (Wildman–Crippen LogP) is 3.04. The second kappa shape index (κ2) is 5.75. The van der Waals surface area contributed by atoms with E-state index in [1.165, 1.54) is 0 Å². The SMILES string of the molecule is CCn1nc(C)c(Br)c1CC(=O)CC1(OC)CCC1. The molecule has 0 spiro atoms. The number of Topliss-reactive ketones (excluding diaryl/α,β-unsaturated/α-hetero) is 1. The van der Waals surface area contributed by atoms with E-state index in [-0.39, 0.29) is 11.4 Å². The Balaban J connectivity index is 2.06. The monoisotopic (exact) mass is 328 g/mol. The van der Waals surface area contributed by atoms with Crippen LogP contribution < -0.4 is 0 Å². The van der Waals surface area contributed by atoms with Crippen LogP contribution in [0.4, 0.5) is 0 Å². The summed E-state index contributed by atoms with van der Waals surface area (Å²) in [5.41, 5.74) is 1.74. The lowest BCUT2D eigenvalue weighted by Crippen LogP contribution is -2.41. The first-order valence-corrected chi connectivity index (χ1v) is 7.59. The van der Waals surface area contributed by atoms with Gasteiger partial charge in [0.25, 0.3) is 0 Å². The van der Waals surface area contributed by atoms with Gasteiger partial charge in [-0.2, -0.15) is 5.10 Å². The predicted molar refractivity (Wildman–Crippen MR) is 77.3 cm³/mol. The molecule has 5 heteroatoms. The maximum Gasteiger partial charge on any atom is 0.141 e. The number of ether oxygens (including phenoxy) is 1. The highest BCUT2D eigenvalue weighted by Gasteiger charge is 2.39. The van der Waals surface area contributed by atoms with E-state index in [1.54, 1.807) is 7.11 Å². The first kappa shape index (κ1) is 14.7. The van der Waals surface area contributed by atoms with Gasteiger partial charge in [-0.25, -0.2) is 0 Å². The van der Waals surface area contributed by atoms with Gasteiger partial charge in [-0.05, 0) is 49.0 Å². The number of ketones is 1. The summed E-state index contributed by atoms with van der Waals surface area (Å²) in [6.07, 6.45) is 4.12. The number of aromatic nitrogens is 2. The molecule has 1 aromatic rings. The van der Waals surface area contributed by atoms with Crippen LogP contribution in [-0.2, 0) is 22.5 Å². The fraction of sp³-hybridized carbons (Fsp3) is 0.714. The van der Waals surface area contributed by atoms with Crippen molar-refractivity contribution in [2.45, 2.75) is 58.1 Å². The van der Waals surface area contributed by atoms with Crippen LogP contribution in [0.5, 0.6) is 0 Å². The molecule has 0 amide bonds. The highest BCUT2D eigenvalue weighted by Crippen LogP contribution is 2.38. The number of methoxy groups -OCH3 is 1. The molecule has 19 heavy (non-hydrogen) atoms. The van der Waals surface area contributed by atoms with E-state index in [9.17, 15) is 4.79 Å². The molecule has 0 N–H and O–H groups in total. The maximum absolute atomic E-state index is 12.3. The Morgan fingerprint density at radius 2 is 2.21 bits per heavy atom. The fourth-order valence-electron chi connectivity index (χ4n) is 2.67. The average molecular weight is 329 g/mol. The third-order valence-corrected chi connectivity index (χ3v) is 5.07. The largest absolute Gasteiger partial charge is 0.378 e. The van der Waals surface area contributed by atoms with Crippen molar-refractivity contribution in [3.05, 3.63) is 15.9 Å². The van der Waals surface area contributed by atoms with Gasteiger partial charge in [-0.1, -0.05) is 0 Å². The molecule has 0 bridgehead atoms. The molecule has 1 heterocycles. The van der Waals surface area contributed by atoms with Crippen molar-refractivity contribution in [1.82, 2.24) is 9.78 Å². The van der Waals surface area contributed by atoms with Crippen molar-refractivity contribution in [2.24, 2.45) is 0 Å². The zero-order valence-electron chi connectivity index (χ0n) is 11.8. The quantitative estimate of drug-likeness (QED) is 0.806. The van der Waals surface area contributed by atoms with E-state index in [2.05, 4.69) is 21.0 Å². The van der Waals surface area contributed by atoms with Gasteiger partial charge in [0, 0.05) is 26.5 Å². The van der Waals surface area contributed by atoms with Gasteiger partial charge in [0.1, 0.15) is 5.78 Å². The van der Waals surface area contributed by atoms with E-state index >= 15 is 0 Å². The van der Waals surface area contributed by atoms with Gasteiger partial charge >= 0.3 is 0 Å². The highest BCUT2D eigenvalue weighted by molar-refractivity contribution is 9.10. The lowest BCUT2D eigenvalue weighted by Gasteiger charge is -2.40. The average Bonchev–Trinajstić information content (AvgIpc) is 2.61. The summed E-state index contributed by atoms with van der Waals surface area (Å²) in [4.78, 5) is 12.3. The number of halogens is 1. The van der Waals surface area contributed by atoms with Gasteiger partial charge in [0.15, 0.2) is 0 Å². The first-order valence-electron chi connectivity index (χ1n) is 6.80. The number of aryl methyl sites for hydroxylation is 2. The molecule has 0 saturated heterocycles. The Hall–Kier alpha value is -0.680. The number of carbonyl (C=O) groups excluding carboxylic acids is 1. The van der Waals surface area contributed by atoms with E-state index in [0.29, 0.717) is 12.8 Å². The standard InChI is InChI=1S/C14H21BrN2O2/c1-4-17-12(13(15)10(2)16-17)8-11(18)9-14(19-3)6-5-7-14/h4-9H2,1-3H3. The molecule has 106 valence electrons. The molecule has 1 aromatic heterocycles. The molecule has 1 fully saturated rings. The Morgan fingerprint density at radius 1 is 1.53 bits per heavy atom. The minimum absolute atomic E-state index is 0.185. The molecule has 0 aromatic carbocycles. The first-order chi connectivity index (χ1) is 9.01. The molecule has 0 unspecified atom stereocenters. The lowest BCUT2D eigenvalue weighted by atomic mass is 9.76. The number of carbonyl (C=O) groups is 1. The smallest absolute Gasteiger partial charge is 0.141 e. The van der Waals surface area contributed by atoms with Crippen LogP contribution in [0.25, 0.3) is 0 Å². The van der Waals surface area contributed by atoms with Crippen LogP contribution >= 0.6 is 15.9 Å². The van der Waals surface area contributed by atoms with E-state index in [1.807, 2.05) is 18.5 Å². The second-order valence-electron chi connectivity index (χ2n) is 5.29. The summed E-state index contributed by atoms with van der Waals surface area (Å²) in [7, 11) is 1.71. The number of nitrogens with zero attached hydrogens (tertiary/aromatic N) is 2. The minimum atomic E-state index is -0.185. The summed E-state index contributed by atoms with van der Waals surface area (Å²) >= 11 is 3.53. The van der Waals surface area contributed by atoms with Crippen LogP contribution in [0.3, 0.4) is 0 Å². The summed E-state index contributed by atoms with van der Waals surface area (Å²) in [5, 5.41) is 4.42. The van der Waals surface area contributed by atoms with Gasteiger partial charge in [-0.15, -0.1) is 0 Å². The molecule has 2 rings (SSSR count). The molecular weight excluding hydrogens is 308 g/mol. The third kappa shape index (κ3) is 2.92. The molecule has 1 aliphatic rings.